The summed E-state index contributed by atoms with van der Waals surface area (Å²) in [5.74, 6) is 1.76. The molecule has 0 fully saturated rings. The molecule has 8 heteroatoms. The van der Waals surface area contributed by atoms with Gasteiger partial charge in [-0.25, -0.2) is 9.13 Å². The van der Waals surface area contributed by atoms with Crippen LogP contribution in [0, 0.1) is 0 Å². The molecule has 1 aliphatic heterocycles. The first kappa shape index (κ1) is 21.5. The predicted molar refractivity (Wildman–Crippen MR) is 110 cm³/mol. The van der Waals surface area contributed by atoms with Gasteiger partial charge >= 0.3 is 0 Å². The molecule has 5 nitrogen and oxygen atoms in total. The lowest BCUT2D eigenvalue weighted by molar-refractivity contribution is -0.690. The molecular weight excluding hydrogens is 433 g/mol. The number of imidazole rings is 1. The van der Waals surface area contributed by atoms with E-state index in [2.05, 4.69) is 9.88 Å². The lowest BCUT2D eigenvalue weighted by Crippen LogP contribution is -3.00. The quantitative estimate of drug-likeness (QED) is 0.594. The normalized spacial score (nSPS) is 12.2. The van der Waals surface area contributed by atoms with Crippen LogP contribution in [-0.4, -0.2) is 17.6 Å². The van der Waals surface area contributed by atoms with Crippen molar-refractivity contribution < 1.29 is 26.5 Å². The number of aromatic nitrogens is 2. The zero-order valence-corrected chi connectivity index (χ0v) is 18.1. The van der Waals surface area contributed by atoms with E-state index in [9.17, 15) is 4.79 Å². The Labute approximate surface area is 185 Å². The van der Waals surface area contributed by atoms with Crippen molar-refractivity contribution in [3.8, 4) is 17.0 Å². The average molecular weight is 453 g/mol. The largest absolute Gasteiger partial charge is 1.00 e. The van der Waals surface area contributed by atoms with Crippen LogP contribution in [0.5, 0.6) is 5.75 Å². The van der Waals surface area contributed by atoms with Crippen LogP contribution in [0.25, 0.3) is 11.3 Å². The maximum Gasteiger partial charge on any atom is 0.266 e. The number of carbonyl (C=O) groups excluding carboxylic acids is 1. The van der Waals surface area contributed by atoms with E-state index in [0.717, 1.165) is 36.5 Å². The van der Waals surface area contributed by atoms with E-state index in [1.165, 1.54) is 0 Å². The van der Waals surface area contributed by atoms with E-state index < -0.39 is 0 Å². The molecular formula is C21H20Cl3N3O2. The third kappa shape index (κ3) is 4.53. The summed E-state index contributed by atoms with van der Waals surface area (Å²) in [5.41, 5.74) is 2.75. The predicted octanol–water partition coefficient (Wildman–Crippen LogP) is 1.35. The van der Waals surface area contributed by atoms with Crippen molar-refractivity contribution in [1.29, 1.82) is 0 Å². The van der Waals surface area contributed by atoms with Gasteiger partial charge in [0.25, 0.3) is 11.7 Å². The van der Waals surface area contributed by atoms with Crippen LogP contribution in [0.4, 0.5) is 5.69 Å². The number of hydrogen-bond acceptors (Lipinski definition) is 2. The molecule has 0 bridgehead atoms. The van der Waals surface area contributed by atoms with Gasteiger partial charge in [0.15, 0.2) is 12.2 Å². The van der Waals surface area contributed by atoms with Gasteiger partial charge in [0, 0.05) is 17.3 Å². The van der Waals surface area contributed by atoms with Crippen molar-refractivity contribution in [3.05, 3.63) is 64.5 Å². The minimum Gasteiger partial charge on any atom is -1.00 e. The number of amides is 1. The maximum atomic E-state index is 12.6. The molecule has 3 aromatic rings. The maximum absolute atomic E-state index is 12.6. The second-order valence-electron chi connectivity index (χ2n) is 6.72. The number of hydrogen-bond donors (Lipinski definition) is 1. The van der Waals surface area contributed by atoms with Gasteiger partial charge < -0.3 is 22.5 Å². The summed E-state index contributed by atoms with van der Waals surface area (Å²) < 4.78 is 9.47. The Hall–Kier alpha value is -2.21. The average Bonchev–Trinajstić information content (AvgIpc) is 3.28. The Morgan fingerprint density at radius 3 is 2.79 bits per heavy atom. The molecule has 2 aromatic carbocycles. The van der Waals surface area contributed by atoms with Crippen molar-refractivity contribution >= 4 is 34.8 Å². The van der Waals surface area contributed by atoms with Crippen LogP contribution >= 0.6 is 23.2 Å². The van der Waals surface area contributed by atoms with Crippen LogP contribution in [0.2, 0.25) is 10.0 Å². The minimum atomic E-state index is -0.0840. The summed E-state index contributed by atoms with van der Waals surface area (Å²) in [7, 11) is 1.60. The zero-order valence-electron chi connectivity index (χ0n) is 15.8. The molecule has 0 spiro atoms. The van der Waals surface area contributed by atoms with E-state index in [-0.39, 0.29) is 24.9 Å². The highest BCUT2D eigenvalue weighted by molar-refractivity contribution is 6.42. The Morgan fingerprint density at radius 2 is 2.03 bits per heavy atom. The first-order valence-electron chi connectivity index (χ1n) is 9.06. The Kier molecular flexibility index (Phi) is 6.73. The number of methoxy groups -OCH3 is 1. The first-order chi connectivity index (χ1) is 13.5. The van der Waals surface area contributed by atoms with Gasteiger partial charge in [-0.3, -0.25) is 4.79 Å². The van der Waals surface area contributed by atoms with Gasteiger partial charge in [-0.15, -0.1) is 0 Å². The number of anilines is 1. The molecule has 1 N–H and O–H groups in total. The van der Waals surface area contributed by atoms with E-state index in [0.29, 0.717) is 21.5 Å². The van der Waals surface area contributed by atoms with Gasteiger partial charge in [0.1, 0.15) is 11.9 Å². The Morgan fingerprint density at radius 1 is 1.21 bits per heavy atom. The summed E-state index contributed by atoms with van der Waals surface area (Å²) in [6.07, 6.45) is 4.01. The smallest absolute Gasteiger partial charge is 0.266 e. The summed E-state index contributed by atoms with van der Waals surface area (Å²) in [6.45, 7) is 1.17. The van der Waals surface area contributed by atoms with Crippen LogP contribution < -0.4 is 27.0 Å². The molecule has 0 saturated heterocycles. The molecule has 152 valence electrons. The SMILES string of the molecule is COc1cccc(NC(=O)C[n+]2cc(-c3ccc(Cl)c(Cl)c3)n3c2CCC3)c1.[Cl-]. The molecule has 29 heavy (non-hydrogen) atoms. The van der Waals surface area contributed by atoms with E-state index in [1.54, 1.807) is 19.2 Å². The molecule has 1 aromatic heterocycles. The summed E-state index contributed by atoms with van der Waals surface area (Å²) in [4.78, 5) is 12.6. The number of nitrogens with one attached hydrogen (secondary N) is 1. The highest BCUT2D eigenvalue weighted by Gasteiger charge is 2.29. The number of rotatable bonds is 5. The molecule has 4 rings (SSSR count). The van der Waals surface area contributed by atoms with E-state index in [1.807, 2.05) is 41.1 Å². The van der Waals surface area contributed by atoms with Crippen molar-refractivity contribution in [3.63, 3.8) is 0 Å². The van der Waals surface area contributed by atoms with Gasteiger partial charge in [0.2, 0.25) is 0 Å². The van der Waals surface area contributed by atoms with Crippen molar-refractivity contribution in [2.45, 2.75) is 25.9 Å². The van der Waals surface area contributed by atoms with Gasteiger partial charge in [-0.2, -0.15) is 0 Å². The second kappa shape index (κ2) is 9.08. The zero-order chi connectivity index (χ0) is 19.7. The van der Waals surface area contributed by atoms with Crippen LogP contribution in [0.1, 0.15) is 12.2 Å². The fraction of sp³-hybridized carbons (Fsp3) is 0.238. The summed E-state index contributed by atoms with van der Waals surface area (Å²) in [5, 5.41) is 3.99. The molecule has 2 heterocycles. The topological polar surface area (TPSA) is 47.1 Å². The van der Waals surface area contributed by atoms with Gasteiger partial charge in [-0.1, -0.05) is 29.3 Å². The van der Waals surface area contributed by atoms with Crippen molar-refractivity contribution in [2.75, 3.05) is 12.4 Å². The number of halogens is 3. The first-order valence-corrected chi connectivity index (χ1v) is 9.82. The van der Waals surface area contributed by atoms with E-state index in [4.69, 9.17) is 27.9 Å². The number of fused-ring (bicyclic) bond motifs is 1. The van der Waals surface area contributed by atoms with Crippen molar-refractivity contribution in [1.82, 2.24) is 4.57 Å². The van der Waals surface area contributed by atoms with Crippen LogP contribution in [0.15, 0.2) is 48.7 Å². The van der Waals surface area contributed by atoms with Crippen LogP contribution in [-0.2, 0) is 24.3 Å². The molecule has 0 radical (unpaired) electrons. The standard InChI is InChI=1S/C21H19Cl2N3O2.ClH/c1-28-16-5-2-4-15(11-16)24-20(27)13-25-12-19(26-9-3-6-21(25)26)14-7-8-17(22)18(23)10-14;/h2,4-5,7-8,10-12H,3,6,9,13H2,1H3;1H. The molecule has 1 aliphatic rings. The molecule has 0 unspecified atom stereocenters. The fourth-order valence-electron chi connectivity index (χ4n) is 3.59. The lowest BCUT2D eigenvalue weighted by Gasteiger charge is -2.06. The van der Waals surface area contributed by atoms with Gasteiger partial charge in [-0.05, 0) is 36.8 Å². The van der Waals surface area contributed by atoms with Crippen LogP contribution in [0.3, 0.4) is 0 Å². The molecule has 1 amide bonds. The summed E-state index contributed by atoms with van der Waals surface area (Å²) in [6, 6.07) is 13.0. The number of benzene rings is 2. The molecule has 0 aliphatic carbocycles. The third-order valence-corrected chi connectivity index (χ3v) is 5.62. The lowest BCUT2D eigenvalue weighted by atomic mass is 10.1. The molecule has 0 saturated carbocycles. The Balaban J connectivity index is 0.00000240. The summed E-state index contributed by atoms with van der Waals surface area (Å²) >= 11 is 12.3. The third-order valence-electron chi connectivity index (χ3n) is 4.88. The monoisotopic (exact) mass is 451 g/mol. The minimum absolute atomic E-state index is 0. The van der Waals surface area contributed by atoms with Gasteiger partial charge in [0.05, 0.1) is 30.1 Å². The highest BCUT2D eigenvalue weighted by Crippen LogP contribution is 2.30. The van der Waals surface area contributed by atoms with Crippen molar-refractivity contribution in [2.24, 2.45) is 0 Å². The molecule has 0 atom stereocenters. The van der Waals surface area contributed by atoms with E-state index >= 15 is 0 Å². The number of carbonyl (C=O) groups is 1. The highest BCUT2D eigenvalue weighted by atomic mass is 35.5. The fourth-order valence-corrected chi connectivity index (χ4v) is 3.89. The Bertz CT molecular complexity index is 1050. The number of nitrogens with zero attached hydrogens (tertiary/aromatic N) is 2. The number of ether oxygens (including phenoxy) is 1. The second-order valence-corrected chi connectivity index (χ2v) is 7.54.